The molecule has 0 aliphatic carbocycles. The minimum atomic E-state index is -1.08. The fourth-order valence-corrected chi connectivity index (χ4v) is 0.890. The van der Waals surface area contributed by atoms with Gasteiger partial charge in [0.25, 0.3) is 0 Å². The van der Waals surface area contributed by atoms with Crippen LogP contribution >= 0.6 is 0 Å². The van der Waals surface area contributed by atoms with E-state index < -0.39 is 24.7 Å². The number of amides is 1. The van der Waals surface area contributed by atoms with Crippen molar-refractivity contribution in [1.82, 2.24) is 5.32 Å². The quantitative estimate of drug-likeness (QED) is 0.537. The highest BCUT2D eigenvalue weighted by Gasteiger charge is 2.15. The van der Waals surface area contributed by atoms with E-state index in [0.29, 0.717) is 6.61 Å². The Kier molecular flexibility index (Phi) is 7.35. The van der Waals surface area contributed by atoms with Crippen molar-refractivity contribution in [3.05, 3.63) is 0 Å². The van der Waals surface area contributed by atoms with Crippen molar-refractivity contribution < 1.29 is 24.5 Å². The number of hydrogen-bond donors (Lipinski definition) is 3. The van der Waals surface area contributed by atoms with Crippen LogP contribution in [0.25, 0.3) is 0 Å². The van der Waals surface area contributed by atoms with Gasteiger partial charge in [0.2, 0.25) is 0 Å². The zero-order chi connectivity index (χ0) is 11.7. The van der Waals surface area contributed by atoms with Crippen LogP contribution < -0.4 is 5.32 Å². The first kappa shape index (κ1) is 13.7. The first-order valence-corrected chi connectivity index (χ1v) is 4.86. The van der Waals surface area contributed by atoms with E-state index in [2.05, 4.69) is 5.32 Å². The zero-order valence-electron chi connectivity index (χ0n) is 8.73. The SMILES string of the molecule is CCCCOC(=O)N[C@@H](CO)CC(=O)O. The maximum atomic E-state index is 11.0. The molecule has 0 fully saturated rings. The summed E-state index contributed by atoms with van der Waals surface area (Å²) in [6, 6.07) is -0.795. The Morgan fingerprint density at radius 3 is 2.60 bits per heavy atom. The molecule has 0 aliphatic rings. The maximum absolute atomic E-state index is 11.0. The molecule has 88 valence electrons. The molecule has 0 saturated heterocycles. The lowest BCUT2D eigenvalue weighted by Crippen LogP contribution is -2.39. The average molecular weight is 219 g/mol. The lowest BCUT2D eigenvalue weighted by molar-refractivity contribution is -0.137. The smallest absolute Gasteiger partial charge is 0.407 e. The van der Waals surface area contributed by atoms with Gasteiger partial charge >= 0.3 is 12.1 Å². The first-order valence-electron chi connectivity index (χ1n) is 4.86. The Labute approximate surface area is 88.2 Å². The summed E-state index contributed by atoms with van der Waals surface area (Å²) >= 11 is 0. The summed E-state index contributed by atoms with van der Waals surface area (Å²) in [6.45, 7) is 1.84. The number of carbonyl (C=O) groups excluding carboxylic acids is 1. The number of aliphatic hydroxyl groups is 1. The molecule has 0 aromatic carbocycles. The Bertz CT molecular complexity index is 207. The van der Waals surface area contributed by atoms with Crippen LogP contribution in [0.1, 0.15) is 26.2 Å². The Morgan fingerprint density at radius 2 is 2.13 bits per heavy atom. The molecule has 0 rings (SSSR count). The number of unbranched alkanes of at least 4 members (excludes halogenated alkanes) is 1. The summed E-state index contributed by atoms with van der Waals surface area (Å²) in [5.74, 6) is -1.08. The van der Waals surface area contributed by atoms with E-state index >= 15 is 0 Å². The monoisotopic (exact) mass is 219 g/mol. The van der Waals surface area contributed by atoms with Crippen molar-refractivity contribution in [3.8, 4) is 0 Å². The minimum absolute atomic E-state index is 0.299. The molecule has 0 aromatic heterocycles. The fraction of sp³-hybridized carbons (Fsp3) is 0.778. The number of rotatable bonds is 7. The van der Waals surface area contributed by atoms with E-state index in [4.69, 9.17) is 14.9 Å². The van der Waals surface area contributed by atoms with Crippen LogP contribution in [0.4, 0.5) is 4.79 Å². The van der Waals surface area contributed by atoms with Crippen LogP contribution in [0.2, 0.25) is 0 Å². The number of alkyl carbamates (subject to hydrolysis) is 1. The van der Waals surface area contributed by atoms with Crippen LogP contribution in [0.5, 0.6) is 0 Å². The molecule has 1 atom stereocenters. The largest absolute Gasteiger partial charge is 0.481 e. The molecule has 0 saturated carbocycles. The Balaban J connectivity index is 3.75. The molecule has 6 heteroatoms. The van der Waals surface area contributed by atoms with Crippen LogP contribution in [0.3, 0.4) is 0 Å². The third-order valence-corrected chi connectivity index (χ3v) is 1.69. The lowest BCUT2D eigenvalue weighted by atomic mass is 10.2. The van der Waals surface area contributed by atoms with Crippen molar-refractivity contribution >= 4 is 12.1 Å². The van der Waals surface area contributed by atoms with Gasteiger partial charge in [-0.15, -0.1) is 0 Å². The summed E-state index contributed by atoms with van der Waals surface area (Å²) in [5.41, 5.74) is 0. The normalized spacial score (nSPS) is 11.9. The Hall–Kier alpha value is -1.30. The van der Waals surface area contributed by atoms with Gasteiger partial charge in [0, 0.05) is 0 Å². The summed E-state index contributed by atoms with van der Waals surface area (Å²) in [4.78, 5) is 21.3. The molecule has 0 bridgehead atoms. The van der Waals surface area contributed by atoms with Crippen LogP contribution in [-0.2, 0) is 9.53 Å². The van der Waals surface area contributed by atoms with Gasteiger partial charge in [-0.05, 0) is 6.42 Å². The van der Waals surface area contributed by atoms with E-state index in [9.17, 15) is 9.59 Å². The number of carboxylic acids is 1. The molecular weight excluding hydrogens is 202 g/mol. The zero-order valence-corrected chi connectivity index (χ0v) is 8.73. The summed E-state index contributed by atoms with van der Waals surface area (Å²) in [5, 5.41) is 19.5. The molecule has 0 unspecified atom stereocenters. The van der Waals surface area contributed by atoms with Gasteiger partial charge in [0.1, 0.15) is 0 Å². The third-order valence-electron chi connectivity index (χ3n) is 1.69. The summed E-state index contributed by atoms with van der Waals surface area (Å²) < 4.78 is 4.74. The predicted molar refractivity (Wildman–Crippen MR) is 52.5 cm³/mol. The second-order valence-electron chi connectivity index (χ2n) is 3.11. The fourth-order valence-electron chi connectivity index (χ4n) is 0.890. The molecule has 1 amide bonds. The van der Waals surface area contributed by atoms with Crippen LogP contribution in [0, 0.1) is 0 Å². The highest BCUT2D eigenvalue weighted by atomic mass is 16.5. The third kappa shape index (κ3) is 7.75. The molecular formula is C9H17NO5. The minimum Gasteiger partial charge on any atom is -0.481 e. The molecule has 15 heavy (non-hydrogen) atoms. The van der Waals surface area contributed by atoms with Crippen molar-refractivity contribution in [2.24, 2.45) is 0 Å². The Morgan fingerprint density at radius 1 is 1.47 bits per heavy atom. The average Bonchev–Trinajstić information content (AvgIpc) is 2.16. The van der Waals surface area contributed by atoms with Crippen molar-refractivity contribution in [2.75, 3.05) is 13.2 Å². The first-order chi connectivity index (χ1) is 7.10. The number of aliphatic hydroxyl groups excluding tert-OH is 1. The summed E-state index contributed by atoms with van der Waals surface area (Å²) in [6.07, 6.45) is 0.658. The number of ether oxygens (including phenoxy) is 1. The van der Waals surface area contributed by atoms with Crippen LogP contribution in [0.15, 0.2) is 0 Å². The van der Waals surface area contributed by atoms with E-state index in [1.807, 2.05) is 6.92 Å². The number of hydrogen-bond acceptors (Lipinski definition) is 4. The predicted octanol–water partition coefficient (Wildman–Crippen LogP) is 0.348. The van der Waals surface area contributed by atoms with E-state index in [-0.39, 0.29) is 6.42 Å². The number of carbonyl (C=O) groups is 2. The van der Waals surface area contributed by atoms with E-state index in [0.717, 1.165) is 12.8 Å². The van der Waals surface area contributed by atoms with Crippen molar-refractivity contribution in [3.63, 3.8) is 0 Å². The topological polar surface area (TPSA) is 95.9 Å². The standard InChI is InChI=1S/C9H17NO5/c1-2-3-4-15-9(14)10-7(6-11)5-8(12)13/h7,11H,2-6H2,1H3,(H,10,14)(H,12,13)/t7-/m1/s1. The maximum Gasteiger partial charge on any atom is 0.407 e. The van der Waals surface area contributed by atoms with E-state index in [1.165, 1.54) is 0 Å². The highest BCUT2D eigenvalue weighted by molar-refractivity contribution is 5.71. The molecule has 0 radical (unpaired) electrons. The number of carboxylic acid groups (broad SMARTS) is 1. The van der Waals surface area contributed by atoms with Crippen molar-refractivity contribution in [1.29, 1.82) is 0 Å². The molecule has 6 nitrogen and oxygen atoms in total. The molecule has 3 N–H and O–H groups in total. The van der Waals surface area contributed by atoms with Gasteiger partial charge in [-0.2, -0.15) is 0 Å². The van der Waals surface area contributed by atoms with Gasteiger partial charge in [0.05, 0.1) is 25.7 Å². The molecule has 0 aromatic rings. The lowest BCUT2D eigenvalue weighted by Gasteiger charge is -2.13. The van der Waals surface area contributed by atoms with Crippen LogP contribution in [-0.4, -0.2) is 41.5 Å². The molecule has 0 heterocycles. The van der Waals surface area contributed by atoms with E-state index in [1.54, 1.807) is 0 Å². The highest BCUT2D eigenvalue weighted by Crippen LogP contribution is 1.94. The second-order valence-corrected chi connectivity index (χ2v) is 3.11. The van der Waals surface area contributed by atoms with Crippen molar-refractivity contribution in [2.45, 2.75) is 32.2 Å². The second kappa shape index (κ2) is 8.05. The van der Waals surface area contributed by atoms with Gasteiger partial charge in [-0.3, -0.25) is 4.79 Å². The van der Waals surface area contributed by atoms with Gasteiger partial charge in [0.15, 0.2) is 0 Å². The molecule has 0 aliphatic heterocycles. The van der Waals surface area contributed by atoms with Gasteiger partial charge in [-0.1, -0.05) is 13.3 Å². The summed E-state index contributed by atoms with van der Waals surface area (Å²) in [7, 11) is 0. The number of nitrogens with one attached hydrogen (secondary N) is 1. The van der Waals surface area contributed by atoms with Gasteiger partial charge < -0.3 is 20.3 Å². The number of aliphatic carboxylic acids is 1. The van der Waals surface area contributed by atoms with Gasteiger partial charge in [-0.25, -0.2) is 4.79 Å². The molecule has 0 spiro atoms.